The SMILES string of the molecule is O=C(Nc1ccc2[nH]ccc2c1)c1ccc(CBr)cc1. The number of amides is 1. The van der Waals surface area contributed by atoms with Crippen LogP contribution in [0.1, 0.15) is 15.9 Å². The van der Waals surface area contributed by atoms with Crippen molar-refractivity contribution in [1.82, 2.24) is 4.98 Å². The standard InChI is InChI=1S/C16H13BrN2O/c17-10-11-1-3-12(4-2-11)16(20)19-14-5-6-15-13(9-14)7-8-18-15/h1-9,18H,10H2,(H,19,20). The molecule has 0 aliphatic heterocycles. The van der Waals surface area contributed by atoms with Gasteiger partial charge >= 0.3 is 0 Å². The lowest BCUT2D eigenvalue weighted by Gasteiger charge is -2.06. The Bertz CT molecular complexity index is 747. The van der Waals surface area contributed by atoms with Crippen LogP contribution in [0.3, 0.4) is 0 Å². The minimum absolute atomic E-state index is 0.0963. The van der Waals surface area contributed by atoms with Crippen molar-refractivity contribution in [3.05, 3.63) is 65.9 Å². The summed E-state index contributed by atoms with van der Waals surface area (Å²) in [5, 5.41) is 4.78. The number of carbonyl (C=O) groups excluding carboxylic acids is 1. The number of benzene rings is 2. The molecule has 100 valence electrons. The summed E-state index contributed by atoms with van der Waals surface area (Å²) in [7, 11) is 0. The second-order valence-electron chi connectivity index (χ2n) is 4.56. The van der Waals surface area contributed by atoms with Crippen molar-refractivity contribution in [3.63, 3.8) is 0 Å². The molecule has 2 N–H and O–H groups in total. The van der Waals surface area contributed by atoms with Crippen LogP contribution in [0, 0.1) is 0 Å². The summed E-state index contributed by atoms with van der Waals surface area (Å²) in [4.78, 5) is 15.3. The van der Waals surface area contributed by atoms with Crippen LogP contribution in [0.2, 0.25) is 0 Å². The van der Waals surface area contributed by atoms with Crippen LogP contribution in [-0.2, 0) is 5.33 Å². The molecule has 1 aromatic heterocycles. The van der Waals surface area contributed by atoms with Gasteiger partial charge in [-0.1, -0.05) is 28.1 Å². The van der Waals surface area contributed by atoms with Crippen LogP contribution in [-0.4, -0.2) is 10.9 Å². The van der Waals surface area contributed by atoms with Crippen LogP contribution >= 0.6 is 15.9 Å². The lowest BCUT2D eigenvalue weighted by atomic mass is 10.1. The van der Waals surface area contributed by atoms with Crippen molar-refractivity contribution < 1.29 is 4.79 Å². The van der Waals surface area contributed by atoms with E-state index < -0.39 is 0 Å². The van der Waals surface area contributed by atoms with Gasteiger partial charge in [-0.05, 0) is 42.0 Å². The first kappa shape index (κ1) is 12.9. The topological polar surface area (TPSA) is 44.9 Å². The molecular weight excluding hydrogens is 316 g/mol. The molecule has 0 saturated carbocycles. The first-order valence-electron chi connectivity index (χ1n) is 6.30. The quantitative estimate of drug-likeness (QED) is 0.691. The number of fused-ring (bicyclic) bond motifs is 1. The van der Waals surface area contributed by atoms with Crippen molar-refractivity contribution in [1.29, 1.82) is 0 Å². The van der Waals surface area contributed by atoms with Crippen molar-refractivity contribution in [2.24, 2.45) is 0 Å². The zero-order valence-electron chi connectivity index (χ0n) is 10.7. The Hall–Kier alpha value is -2.07. The van der Waals surface area contributed by atoms with Crippen LogP contribution < -0.4 is 5.32 Å². The van der Waals surface area contributed by atoms with Crippen molar-refractivity contribution >= 4 is 38.4 Å². The van der Waals surface area contributed by atoms with Gasteiger partial charge in [0, 0.05) is 33.7 Å². The number of halogens is 1. The normalized spacial score (nSPS) is 10.7. The molecule has 0 atom stereocenters. The molecule has 0 aliphatic carbocycles. The molecule has 20 heavy (non-hydrogen) atoms. The van der Waals surface area contributed by atoms with Gasteiger partial charge in [0.1, 0.15) is 0 Å². The molecule has 0 spiro atoms. The first-order valence-corrected chi connectivity index (χ1v) is 7.42. The van der Waals surface area contributed by atoms with Gasteiger partial charge in [0.2, 0.25) is 0 Å². The molecule has 4 heteroatoms. The van der Waals surface area contributed by atoms with Crippen LogP contribution in [0.5, 0.6) is 0 Å². The maximum absolute atomic E-state index is 12.2. The maximum Gasteiger partial charge on any atom is 0.255 e. The summed E-state index contributed by atoms with van der Waals surface area (Å²) in [6.07, 6.45) is 1.88. The van der Waals surface area contributed by atoms with E-state index in [0.717, 1.165) is 27.5 Å². The predicted molar refractivity (Wildman–Crippen MR) is 85.3 cm³/mol. The molecular formula is C16H13BrN2O. The van der Waals surface area contributed by atoms with Gasteiger partial charge in [-0.25, -0.2) is 0 Å². The Morgan fingerprint density at radius 1 is 1.10 bits per heavy atom. The molecule has 0 radical (unpaired) electrons. The lowest BCUT2D eigenvalue weighted by molar-refractivity contribution is 0.102. The Morgan fingerprint density at radius 2 is 1.90 bits per heavy atom. The van der Waals surface area contributed by atoms with Crippen LogP contribution in [0.25, 0.3) is 10.9 Å². The first-order chi connectivity index (χ1) is 9.76. The van der Waals surface area contributed by atoms with Crippen LogP contribution in [0.15, 0.2) is 54.7 Å². The molecule has 2 aromatic carbocycles. The molecule has 0 bridgehead atoms. The highest BCUT2D eigenvalue weighted by atomic mass is 79.9. The molecule has 1 amide bonds. The number of hydrogen-bond donors (Lipinski definition) is 2. The average molecular weight is 329 g/mol. The Morgan fingerprint density at radius 3 is 2.65 bits per heavy atom. The van der Waals surface area contributed by atoms with E-state index in [-0.39, 0.29) is 5.91 Å². The van der Waals surface area contributed by atoms with Crippen molar-refractivity contribution in [2.75, 3.05) is 5.32 Å². The summed E-state index contributed by atoms with van der Waals surface area (Å²) in [6, 6.07) is 15.3. The predicted octanol–water partition coefficient (Wildman–Crippen LogP) is 4.32. The van der Waals surface area contributed by atoms with Gasteiger partial charge in [0.05, 0.1) is 0 Å². The maximum atomic E-state index is 12.2. The highest BCUT2D eigenvalue weighted by Crippen LogP contribution is 2.18. The Balaban J connectivity index is 1.80. The number of alkyl halides is 1. The van der Waals surface area contributed by atoms with E-state index in [1.807, 2.05) is 54.7 Å². The summed E-state index contributed by atoms with van der Waals surface area (Å²) < 4.78 is 0. The van der Waals surface area contributed by atoms with Gasteiger partial charge in [-0.15, -0.1) is 0 Å². The second kappa shape index (κ2) is 5.51. The molecule has 3 rings (SSSR count). The number of carbonyl (C=O) groups is 1. The number of aromatic nitrogens is 1. The lowest BCUT2D eigenvalue weighted by Crippen LogP contribution is -2.11. The molecule has 3 aromatic rings. The van der Waals surface area contributed by atoms with E-state index in [2.05, 4.69) is 26.2 Å². The molecule has 0 aliphatic rings. The van der Waals surface area contributed by atoms with Crippen molar-refractivity contribution in [3.8, 4) is 0 Å². The molecule has 0 fully saturated rings. The summed E-state index contributed by atoms with van der Waals surface area (Å²) in [5.41, 5.74) is 3.66. The summed E-state index contributed by atoms with van der Waals surface area (Å²) in [5.74, 6) is -0.0963. The summed E-state index contributed by atoms with van der Waals surface area (Å²) >= 11 is 3.39. The number of H-pyrrole nitrogens is 1. The van der Waals surface area contributed by atoms with Crippen molar-refractivity contribution in [2.45, 2.75) is 5.33 Å². The van der Waals surface area contributed by atoms with Gasteiger partial charge in [-0.2, -0.15) is 0 Å². The number of anilines is 1. The molecule has 1 heterocycles. The molecule has 3 nitrogen and oxygen atoms in total. The number of aromatic amines is 1. The van der Waals surface area contributed by atoms with E-state index in [1.165, 1.54) is 0 Å². The zero-order chi connectivity index (χ0) is 13.9. The average Bonchev–Trinajstić information content (AvgIpc) is 2.95. The molecule has 0 unspecified atom stereocenters. The summed E-state index contributed by atoms with van der Waals surface area (Å²) in [6.45, 7) is 0. The smallest absolute Gasteiger partial charge is 0.255 e. The highest BCUT2D eigenvalue weighted by Gasteiger charge is 2.06. The van der Waals surface area contributed by atoms with Gasteiger partial charge in [0.25, 0.3) is 5.91 Å². The molecule has 0 saturated heterocycles. The van der Waals surface area contributed by atoms with E-state index in [9.17, 15) is 4.79 Å². The third-order valence-corrected chi connectivity index (χ3v) is 3.83. The Kier molecular flexibility index (Phi) is 3.56. The monoisotopic (exact) mass is 328 g/mol. The largest absolute Gasteiger partial charge is 0.361 e. The fourth-order valence-electron chi connectivity index (χ4n) is 2.08. The third-order valence-electron chi connectivity index (χ3n) is 3.18. The van der Waals surface area contributed by atoms with Crippen LogP contribution in [0.4, 0.5) is 5.69 Å². The van der Waals surface area contributed by atoms with E-state index >= 15 is 0 Å². The minimum atomic E-state index is -0.0963. The van der Waals surface area contributed by atoms with Gasteiger partial charge < -0.3 is 10.3 Å². The highest BCUT2D eigenvalue weighted by molar-refractivity contribution is 9.08. The second-order valence-corrected chi connectivity index (χ2v) is 5.13. The van der Waals surface area contributed by atoms with E-state index in [0.29, 0.717) is 5.56 Å². The third kappa shape index (κ3) is 2.60. The van der Waals surface area contributed by atoms with E-state index in [4.69, 9.17) is 0 Å². The fraction of sp³-hybridized carbons (Fsp3) is 0.0625. The fourth-order valence-corrected chi connectivity index (χ4v) is 2.45. The number of hydrogen-bond acceptors (Lipinski definition) is 1. The Labute approximate surface area is 125 Å². The minimum Gasteiger partial charge on any atom is -0.361 e. The van der Waals surface area contributed by atoms with E-state index in [1.54, 1.807) is 0 Å². The number of rotatable bonds is 3. The van der Waals surface area contributed by atoms with Gasteiger partial charge in [0.15, 0.2) is 0 Å². The number of nitrogens with one attached hydrogen (secondary N) is 2. The van der Waals surface area contributed by atoms with Gasteiger partial charge in [-0.3, -0.25) is 4.79 Å². The zero-order valence-corrected chi connectivity index (χ0v) is 12.3.